The Bertz CT molecular complexity index is 783. The van der Waals surface area contributed by atoms with Gasteiger partial charge in [-0.2, -0.15) is 0 Å². The monoisotopic (exact) mass is 429 g/mol. The van der Waals surface area contributed by atoms with Crippen LogP contribution < -0.4 is 20.3 Å². The number of aromatic nitrogens is 1. The molecule has 1 aliphatic rings. The zero-order valence-electron chi connectivity index (χ0n) is 18.5. The number of guanidine groups is 1. The van der Waals surface area contributed by atoms with Gasteiger partial charge in [0.15, 0.2) is 11.1 Å². The molecule has 7 heteroatoms. The van der Waals surface area contributed by atoms with E-state index >= 15 is 0 Å². The highest BCUT2D eigenvalue weighted by molar-refractivity contribution is 7.13. The number of anilines is 1. The van der Waals surface area contributed by atoms with Gasteiger partial charge in [-0.15, -0.1) is 11.3 Å². The fourth-order valence-corrected chi connectivity index (χ4v) is 4.50. The molecular formula is C23H35N5OS. The number of methoxy groups -OCH3 is 1. The largest absolute Gasteiger partial charge is 0.497 e. The van der Waals surface area contributed by atoms with Gasteiger partial charge in [0.25, 0.3) is 0 Å². The van der Waals surface area contributed by atoms with E-state index in [4.69, 9.17) is 14.7 Å². The van der Waals surface area contributed by atoms with Crippen LogP contribution in [0.25, 0.3) is 0 Å². The maximum atomic E-state index is 5.24. The van der Waals surface area contributed by atoms with Gasteiger partial charge in [-0.1, -0.05) is 19.1 Å². The van der Waals surface area contributed by atoms with Crippen LogP contribution in [0.1, 0.15) is 50.3 Å². The molecular weight excluding hydrogens is 394 g/mol. The maximum Gasteiger partial charge on any atom is 0.191 e. The van der Waals surface area contributed by atoms with Crippen LogP contribution in [0.3, 0.4) is 0 Å². The zero-order valence-corrected chi connectivity index (χ0v) is 19.3. The highest BCUT2D eigenvalue weighted by atomic mass is 32.1. The van der Waals surface area contributed by atoms with Crippen LogP contribution in [0.15, 0.2) is 34.6 Å². The second-order valence-electron chi connectivity index (χ2n) is 7.72. The van der Waals surface area contributed by atoms with E-state index in [0.29, 0.717) is 5.92 Å². The van der Waals surface area contributed by atoms with Gasteiger partial charge >= 0.3 is 0 Å². The number of nitrogens with one attached hydrogen (secondary N) is 2. The number of nitrogens with zero attached hydrogens (tertiary/aromatic N) is 3. The molecule has 3 rings (SSSR count). The average molecular weight is 430 g/mol. The molecule has 0 saturated carbocycles. The summed E-state index contributed by atoms with van der Waals surface area (Å²) >= 11 is 1.77. The Hall–Kier alpha value is -2.28. The van der Waals surface area contributed by atoms with Gasteiger partial charge < -0.3 is 20.3 Å². The highest BCUT2D eigenvalue weighted by Crippen LogP contribution is 2.24. The highest BCUT2D eigenvalue weighted by Gasteiger charge is 2.15. The van der Waals surface area contributed by atoms with E-state index in [2.05, 4.69) is 46.9 Å². The van der Waals surface area contributed by atoms with Crippen molar-refractivity contribution in [3.05, 3.63) is 40.9 Å². The van der Waals surface area contributed by atoms with Gasteiger partial charge in [0.2, 0.25) is 0 Å². The van der Waals surface area contributed by atoms with Gasteiger partial charge in [-0.3, -0.25) is 4.99 Å². The summed E-state index contributed by atoms with van der Waals surface area (Å²) in [5.74, 6) is 2.24. The minimum absolute atomic E-state index is 0.460. The maximum absolute atomic E-state index is 5.24. The lowest BCUT2D eigenvalue weighted by Crippen LogP contribution is -2.38. The second kappa shape index (κ2) is 11.8. The van der Waals surface area contributed by atoms with E-state index in [1.54, 1.807) is 18.4 Å². The standard InChI is InChI=1S/C23H35N5OS/c1-4-24-22(25-13-11-18(2)19-7-9-21(29-3)10-8-19)26-14-12-20-17-30-23(27-20)28-15-5-6-16-28/h7-10,17-18H,4-6,11-16H2,1-3H3,(H2,24,25,26). The van der Waals surface area contributed by atoms with Gasteiger partial charge in [-0.05, 0) is 49.8 Å². The van der Waals surface area contributed by atoms with Crippen molar-refractivity contribution in [1.29, 1.82) is 0 Å². The fraction of sp³-hybridized carbons (Fsp3) is 0.565. The van der Waals surface area contributed by atoms with Crippen LogP contribution in [-0.2, 0) is 6.42 Å². The molecule has 2 heterocycles. The smallest absolute Gasteiger partial charge is 0.191 e. The van der Waals surface area contributed by atoms with Crippen molar-refractivity contribution in [3.63, 3.8) is 0 Å². The molecule has 0 spiro atoms. The molecule has 30 heavy (non-hydrogen) atoms. The quantitative estimate of drug-likeness (QED) is 0.441. The lowest BCUT2D eigenvalue weighted by Gasteiger charge is -2.14. The summed E-state index contributed by atoms with van der Waals surface area (Å²) in [5, 5.41) is 10.2. The Kier molecular flexibility index (Phi) is 8.81. The number of rotatable bonds is 10. The number of ether oxygens (including phenoxy) is 1. The normalized spacial score (nSPS) is 15.3. The third-order valence-corrected chi connectivity index (χ3v) is 6.40. The Morgan fingerprint density at radius 2 is 2.00 bits per heavy atom. The van der Waals surface area contributed by atoms with Crippen LogP contribution in [0, 0.1) is 0 Å². The molecule has 1 unspecified atom stereocenters. The summed E-state index contributed by atoms with van der Waals surface area (Å²) in [6.45, 7) is 9.13. The van der Waals surface area contributed by atoms with E-state index < -0.39 is 0 Å². The lowest BCUT2D eigenvalue weighted by molar-refractivity contribution is 0.414. The molecule has 0 aliphatic carbocycles. The van der Waals surface area contributed by atoms with E-state index in [9.17, 15) is 0 Å². The van der Waals surface area contributed by atoms with Crippen molar-refractivity contribution < 1.29 is 4.74 Å². The van der Waals surface area contributed by atoms with Gasteiger partial charge in [0.05, 0.1) is 12.8 Å². The summed E-state index contributed by atoms with van der Waals surface area (Å²) in [7, 11) is 1.70. The summed E-state index contributed by atoms with van der Waals surface area (Å²) in [5.41, 5.74) is 2.49. The molecule has 164 valence electrons. The van der Waals surface area contributed by atoms with E-state index in [-0.39, 0.29) is 0 Å². The Labute approximate surface area is 184 Å². The first-order valence-electron chi connectivity index (χ1n) is 11.0. The number of hydrogen-bond donors (Lipinski definition) is 2. The Morgan fingerprint density at radius 3 is 2.70 bits per heavy atom. The number of benzene rings is 1. The zero-order chi connectivity index (χ0) is 21.2. The lowest BCUT2D eigenvalue weighted by atomic mass is 9.98. The molecule has 1 fully saturated rings. The van der Waals surface area contributed by atoms with Gasteiger partial charge in [0.1, 0.15) is 5.75 Å². The average Bonchev–Trinajstić information content (AvgIpc) is 3.46. The minimum Gasteiger partial charge on any atom is -0.497 e. The van der Waals surface area contributed by atoms with Crippen LogP contribution in [0.2, 0.25) is 0 Å². The molecule has 1 saturated heterocycles. The van der Waals surface area contributed by atoms with Crippen LogP contribution in [0.5, 0.6) is 5.75 Å². The molecule has 0 amide bonds. The molecule has 0 bridgehead atoms. The van der Waals surface area contributed by atoms with Crippen molar-refractivity contribution in [2.24, 2.45) is 4.99 Å². The van der Waals surface area contributed by atoms with Crippen molar-refractivity contribution in [2.75, 3.05) is 44.7 Å². The van der Waals surface area contributed by atoms with Crippen LogP contribution in [0.4, 0.5) is 5.13 Å². The number of aliphatic imine (C=N–C) groups is 1. The van der Waals surface area contributed by atoms with Gasteiger partial charge in [-0.25, -0.2) is 4.98 Å². The van der Waals surface area contributed by atoms with Crippen molar-refractivity contribution in [3.8, 4) is 5.75 Å². The van der Waals surface area contributed by atoms with Crippen molar-refractivity contribution >= 4 is 22.4 Å². The van der Waals surface area contributed by atoms with Crippen LogP contribution >= 0.6 is 11.3 Å². The summed E-state index contributed by atoms with van der Waals surface area (Å²) in [6, 6.07) is 8.32. The predicted octanol–water partition coefficient (Wildman–Crippen LogP) is 4.04. The first-order valence-corrected chi connectivity index (χ1v) is 11.9. The predicted molar refractivity (Wildman–Crippen MR) is 127 cm³/mol. The molecule has 0 radical (unpaired) electrons. The first kappa shape index (κ1) is 22.4. The molecule has 1 aromatic heterocycles. The third kappa shape index (κ3) is 6.62. The van der Waals surface area contributed by atoms with Crippen LogP contribution in [-0.4, -0.2) is 50.8 Å². The van der Waals surface area contributed by atoms with Crippen molar-refractivity contribution in [1.82, 2.24) is 15.6 Å². The fourth-order valence-electron chi connectivity index (χ4n) is 3.58. The number of hydrogen-bond acceptors (Lipinski definition) is 5. The third-order valence-electron chi connectivity index (χ3n) is 5.45. The van der Waals surface area contributed by atoms with E-state index in [1.165, 1.54) is 29.2 Å². The summed E-state index contributed by atoms with van der Waals surface area (Å²) in [6.07, 6.45) is 4.50. The molecule has 6 nitrogen and oxygen atoms in total. The van der Waals surface area contributed by atoms with Gasteiger partial charge in [0, 0.05) is 44.5 Å². The molecule has 1 aliphatic heterocycles. The first-order chi connectivity index (χ1) is 14.7. The number of thiazole rings is 1. The summed E-state index contributed by atoms with van der Waals surface area (Å²) in [4.78, 5) is 12.0. The second-order valence-corrected chi connectivity index (χ2v) is 8.55. The SMILES string of the molecule is CCNC(=NCCC(C)c1ccc(OC)cc1)NCCc1csc(N2CCCC2)n1. The Balaban J connectivity index is 1.43. The van der Waals surface area contributed by atoms with Crippen molar-refractivity contribution in [2.45, 2.75) is 45.4 Å². The molecule has 2 aromatic rings. The van der Waals surface area contributed by atoms with E-state index in [0.717, 1.165) is 57.3 Å². The molecule has 2 N–H and O–H groups in total. The summed E-state index contributed by atoms with van der Waals surface area (Å²) < 4.78 is 5.24. The topological polar surface area (TPSA) is 61.8 Å². The molecule has 1 atom stereocenters. The minimum atomic E-state index is 0.460. The van der Waals surface area contributed by atoms with E-state index in [1.807, 2.05) is 12.1 Å². The Morgan fingerprint density at radius 1 is 1.23 bits per heavy atom. The molecule has 1 aromatic carbocycles.